The van der Waals surface area contributed by atoms with Crippen LogP contribution in [0.2, 0.25) is 0 Å². The van der Waals surface area contributed by atoms with Crippen molar-refractivity contribution in [3.8, 4) is 5.88 Å². The summed E-state index contributed by atoms with van der Waals surface area (Å²) in [6, 6.07) is 1.76. The van der Waals surface area contributed by atoms with E-state index in [2.05, 4.69) is 9.72 Å². The molecule has 0 unspecified atom stereocenters. The van der Waals surface area contributed by atoms with E-state index in [0.29, 0.717) is 11.4 Å². The van der Waals surface area contributed by atoms with Gasteiger partial charge in [0.15, 0.2) is 0 Å². The van der Waals surface area contributed by atoms with Crippen LogP contribution in [0.5, 0.6) is 5.88 Å². The van der Waals surface area contributed by atoms with Crippen molar-refractivity contribution in [3.63, 3.8) is 0 Å². The number of carbonyl (C=O) groups excluding carboxylic acids is 3. The smallest absolute Gasteiger partial charge is 0.374 e. The highest BCUT2D eigenvalue weighted by Gasteiger charge is 2.28. The van der Waals surface area contributed by atoms with Crippen LogP contribution in [0.3, 0.4) is 0 Å². The predicted molar refractivity (Wildman–Crippen MR) is 88.1 cm³/mol. The molecule has 1 saturated carbocycles. The van der Waals surface area contributed by atoms with Gasteiger partial charge in [0.1, 0.15) is 6.10 Å². The number of esters is 2. The van der Waals surface area contributed by atoms with Gasteiger partial charge in [-0.2, -0.15) is 0 Å². The van der Waals surface area contributed by atoms with Crippen LogP contribution in [0.1, 0.15) is 36.8 Å². The van der Waals surface area contributed by atoms with Gasteiger partial charge in [-0.05, 0) is 43.7 Å². The topological polar surface area (TPSA) is 91.8 Å². The summed E-state index contributed by atoms with van der Waals surface area (Å²) in [5.41, 5.74) is 1.49. The van der Waals surface area contributed by atoms with Gasteiger partial charge >= 0.3 is 11.9 Å². The molecule has 1 fully saturated rings. The molecule has 0 N–H and O–H groups in total. The monoisotopic (exact) mass is 349 g/mol. The number of hydrogen-bond acceptors (Lipinski definition) is 7. The van der Waals surface area contributed by atoms with Gasteiger partial charge in [-0.1, -0.05) is 0 Å². The van der Waals surface area contributed by atoms with Crippen LogP contribution in [-0.4, -0.2) is 43.0 Å². The van der Waals surface area contributed by atoms with Gasteiger partial charge in [0.25, 0.3) is 0 Å². The van der Waals surface area contributed by atoms with E-state index in [1.165, 1.54) is 14.2 Å². The molecule has 1 aromatic heterocycles. The minimum absolute atomic E-state index is 0.00959. The number of aryl methyl sites for hydroxylation is 1. The zero-order valence-corrected chi connectivity index (χ0v) is 14.7. The quantitative estimate of drug-likeness (QED) is 0.571. The minimum Gasteiger partial charge on any atom is -0.474 e. The lowest BCUT2D eigenvalue weighted by Crippen LogP contribution is -2.28. The molecule has 136 valence electrons. The number of Topliss-reactive ketones (excluding diaryl/α,β-unsaturated/α-hetero) is 1. The van der Waals surface area contributed by atoms with Gasteiger partial charge in [0.05, 0.1) is 20.1 Å². The number of ether oxygens (including phenoxy) is 3. The average Bonchev–Trinajstić information content (AvgIpc) is 2.63. The van der Waals surface area contributed by atoms with Gasteiger partial charge in [-0.15, -0.1) is 0 Å². The number of ketones is 1. The van der Waals surface area contributed by atoms with Crippen molar-refractivity contribution in [1.29, 1.82) is 0 Å². The molecule has 25 heavy (non-hydrogen) atoms. The van der Waals surface area contributed by atoms with Crippen molar-refractivity contribution in [2.75, 3.05) is 14.2 Å². The molecule has 2 rings (SSSR count). The fourth-order valence-electron chi connectivity index (χ4n) is 2.92. The van der Waals surface area contributed by atoms with Gasteiger partial charge in [0, 0.05) is 18.7 Å². The van der Waals surface area contributed by atoms with Crippen LogP contribution in [0.25, 0.3) is 0 Å². The molecular weight excluding hydrogens is 326 g/mol. The van der Waals surface area contributed by atoms with E-state index >= 15 is 0 Å². The van der Waals surface area contributed by atoms with E-state index in [1.54, 1.807) is 12.3 Å². The maximum Gasteiger partial charge on any atom is 0.374 e. The normalized spacial score (nSPS) is 19.8. The number of rotatable bonds is 6. The zero-order chi connectivity index (χ0) is 18.4. The third kappa shape index (κ3) is 5.01. The Kier molecular flexibility index (Phi) is 6.50. The number of nitrogens with zero attached hydrogens (tertiary/aromatic N) is 1. The summed E-state index contributed by atoms with van der Waals surface area (Å²) in [5.74, 6) is -1.20. The van der Waals surface area contributed by atoms with Crippen LogP contribution in [0.4, 0.5) is 0 Å². The summed E-state index contributed by atoms with van der Waals surface area (Å²) < 4.78 is 15.1. The van der Waals surface area contributed by atoms with Crippen molar-refractivity contribution in [2.24, 2.45) is 5.92 Å². The molecule has 0 atom stereocenters. The molecule has 0 bridgehead atoms. The summed E-state index contributed by atoms with van der Waals surface area (Å²) in [4.78, 5) is 38.6. The summed E-state index contributed by atoms with van der Waals surface area (Å²) in [5, 5.41) is 0. The lowest BCUT2D eigenvalue weighted by Gasteiger charge is -2.27. The summed E-state index contributed by atoms with van der Waals surface area (Å²) in [7, 11) is 2.58. The molecule has 1 aromatic rings. The Morgan fingerprint density at radius 1 is 1.12 bits per heavy atom. The Hall–Kier alpha value is -2.44. The molecule has 7 heteroatoms. The number of methoxy groups -OCH3 is 2. The molecule has 1 heterocycles. The highest BCUT2D eigenvalue weighted by molar-refractivity contribution is 6.34. The van der Waals surface area contributed by atoms with Crippen molar-refractivity contribution in [3.05, 3.63) is 23.4 Å². The molecule has 1 aliphatic rings. The average molecular weight is 349 g/mol. The third-order valence-electron chi connectivity index (χ3n) is 4.45. The van der Waals surface area contributed by atoms with E-state index in [-0.39, 0.29) is 24.4 Å². The number of hydrogen-bond donors (Lipinski definition) is 0. The number of carbonyl (C=O) groups is 3. The third-order valence-corrected chi connectivity index (χ3v) is 4.45. The van der Waals surface area contributed by atoms with E-state index in [0.717, 1.165) is 31.2 Å². The molecule has 0 saturated heterocycles. The molecule has 0 spiro atoms. The standard InChI is InChI=1S/C18H23NO6/c1-11-8-16(19-10-13(11)9-15(20)18(22)24-3)25-14-6-4-12(5-7-14)17(21)23-2/h8,10,12,14H,4-7,9H2,1-3H3. The van der Waals surface area contributed by atoms with Gasteiger partial charge in [-0.3, -0.25) is 9.59 Å². The largest absolute Gasteiger partial charge is 0.474 e. The molecule has 0 radical (unpaired) electrons. The maximum absolute atomic E-state index is 11.6. The van der Waals surface area contributed by atoms with E-state index in [4.69, 9.17) is 9.47 Å². The summed E-state index contributed by atoms with van der Waals surface area (Å²) in [6.07, 6.45) is 4.52. The minimum atomic E-state index is -0.859. The second-order valence-corrected chi connectivity index (χ2v) is 6.16. The van der Waals surface area contributed by atoms with E-state index in [9.17, 15) is 14.4 Å². The second kappa shape index (κ2) is 8.60. The first-order chi connectivity index (χ1) is 11.9. The summed E-state index contributed by atoms with van der Waals surface area (Å²) in [6.45, 7) is 1.84. The van der Waals surface area contributed by atoms with Gasteiger partial charge in [-0.25, -0.2) is 9.78 Å². The van der Waals surface area contributed by atoms with Crippen LogP contribution in [0, 0.1) is 12.8 Å². The Morgan fingerprint density at radius 2 is 1.80 bits per heavy atom. The van der Waals surface area contributed by atoms with Crippen LogP contribution in [-0.2, 0) is 30.3 Å². The highest BCUT2D eigenvalue weighted by atomic mass is 16.5. The Balaban J connectivity index is 1.92. The van der Waals surface area contributed by atoms with Gasteiger partial charge in [0.2, 0.25) is 11.7 Å². The van der Waals surface area contributed by atoms with Crippen LogP contribution >= 0.6 is 0 Å². The van der Waals surface area contributed by atoms with Crippen molar-refractivity contribution in [1.82, 2.24) is 4.98 Å². The second-order valence-electron chi connectivity index (χ2n) is 6.16. The first-order valence-corrected chi connectivity index (χ1v) is 8.25. The fraction of sp³-hybridized carbons (Fsp3) is 0.556. The van der Waals surface area contributed by atoms with Crippen molar-refractivity contribution < 1.29 is 28.6 Å². The lowest BCUT2D eigenvalue weighted by atomic mass is 9.87. The van der Waals surface area contributed by atoms with E-state index in [1.807, 2.05) is 6.92 Å². The van der Waals surface area contributed by atoms with Crippen LogP contribution in [0.15, 0.2) is 12.3 Å². The molecule has 1 aliphatic carbocycles. The number of pyridine rings is 1. The molecule has 0 amide bonds. The van der Waals surface area contributed by atoms with Gasteiger partial charge < -0.3 is 14.2 Å². The summed E-state index contributed by atoms with van der Waals surface area (Å²) >= 11 is 0. The zero-order valence-electron chi connectivity index (χ0n) is 14.7. The SMILES string of the molecule is COC(=O)C(=O)Cc1cnc(OC2CCC(C(=O)OC)CC2)cc1C. The highest BCUT2D eigenvalue weighted by Crippen LogP contribution is 2.28. The Labute approximate surface area is 146 Å². The molecule has 0 aromatic carbocycles. The lowest BCUT2D eigenvalue weighted by molar-refractivity contribution is -0.151. The van der Waals surface area contributed by atoms with E-state index < -0.39 is 11.8 Å². The molecule has 0 aliphatic heterocycles. The number of aromatic nitrogens is 1. The molecule has 7 nitrogen and oxygen atoms in total. The fourth-order valence-corrected chi connectivity index (χ4v) is 2.92. The van der Waals surface area contributed by atoms with Crippen LogP contribution < -0.4 is 4.74 Å². The first kappa shape index (κ1) is 18.9. The van der Waals surface area contributed by atoms with Crippen molar-refractivity contribution >= 4 is 17.7 Å². The molecular formula is C18H23NO6. The Bertz CT molecular complexity index is 649. The van der Waals surface area contributed by atoms with Crippen molar-refractivity contribution in [2.45, 2.75) is 45.1 Å². The predicted octanol–water partition coefficient (Wildman–Crippen LogP) is 1.79. The Morgan fingerprint density at radius 3 is 2.36 bits per heavy atom. The maximum atomic E-state index is 11.6. The first-order valence-electron chi connectivity index (χ1n) is 8.25.